The summed E-state index contributed by atoms with van der Waals surface area (Å²) in [6.45, 7) is 2.11. The number of halogens is 3. The second-order valence-electron chi connectivity index (χ2n) is 5.00. The number of hydrogen-bond donors (Lipinski definition) is 1. The Kier molecular flexibility index (Phi) is 5.32. The number of hydrogen-bond acceptors (Lipinski definition) is 1. The third kappa shape index (κ3) is 3.60. The van der Waals surface area contributed by atoms with Crippen LogP contribution >= 0.6 is 11.6 Å². The standard InChI is InChI=1S/C17H18ClF2N/c1-3-5-11-6-4-7-12(8-11)17(21-2)13-9-16(20)14(18)10-15(13)19/h4,6-10,17,21H,3,5H2,1-2H3. The van der Waals surface area contributed by atoms with Crippen molar-refractivity contribution < 1.29 is 8.78 Å². The van der Waals surface area contributed by atoms with Crippen molar-refractivity contribution in [1.82, 2.24) is 5.32 Å². The Bertz CT molecular complexity index is 628. The van der Waals surface area contributed by atoms with Gasteiger partial charge in [-0.05, 0) is 36.7 Å². The minimum absolute atomic E-state index is 0.203. The van der Waals surface area contributed by atoms with E-state index in [-0.39, 0.29) is 10.6 Å². The maximum Gasteiger partial charge on any atom is 0.142 e. The lowest BCUT2D eigenvalue weighted by atomic mass is 9.95. The van der Waals surface area contributed by atoms with Gasteiger partial charge in [0, 0.05) is 5.56 Å². The molecule has 2 aromatic carbocycles. The van der Waals surface area contributed by atoms with E-state index in [4.69, 9.17) is 11.6 Å². The molecular weight excluding hydrogens is 292 g/mol. The van der Waals surface area contributed by atoms with Crippen molar-refractivity contribution in [2.45, 2.75) is 25.8 Å². The highest BCUT2D eigenvalue weighted by atomic mass is 35.5. The van der Waals surface area contributed by atoms with Crippen LogP contribution in [0.2, 0.25) is 5.02 Å². The van der Waals surface area contributed by atoms with Crippen molar-refractivity contribution in [3.63, 3.8) is 0 Å². The minimum atomic E-state index is -0.613. The molecule has 0 amide bonds. The van der Waals surface area contributed by atoms with Gasteiger partial charge in [-0.15, -0.1) is 0 Å². The molecule has 21 heavy (non-hydrogen) atoms. The molecule has 4 heteroatoms. The van der Waals surface area contributed by atoms with Gasteiger partial charge in [-0.3, -0.25) is 0 Å². The van der Waals surface area contributed by atoms with Gasteiger partial charge in [-0.2, -0.15) is 0 Å². The molecule has 1 atom stereocenters. The molecule has 112 valence electrons. The Hall–Kier alpha value is -1.45. The normalized spacial score (nSPS) is 12.4. The Labute approximate surface area is 128 Å². The first-order valence-electron chi connectivity index (χ1n) is 6.97. The molecule has 0 saturated carbocycles. The molecule has 1 unspecified atom stereocenters. The van der Waals surface area contributed by atoms with Crippen molar-refractivity contribution in [3.8, 4) is 0 Å². The summed E-state index contributed by atoms with van der Waals surface area (Å²) in [6.07, 6.45) is 2.00. The van der Waals surface area contributed by atoms with E-state index in [1.54, 1.807) is 7.05 Å². The van der Waals surface area contributed by atoms with Gasteiger partial charge < -0.3 is 5.32 Å². The van der Waals surface area contributed by atoms with E-state index in [9.17, 15) is 8.78 Å². The quantitative estimate of drug-likeness (QED) is 0.776. The van der Waals surface area contributed by atoms with E-state index >= 15 is 0 Å². The highest BCUT2D eigenvalue weighted by molar-refractivity contribution is 6.30. The van der Waals surface area contributed by atoms with Crippen molar-refractivity contribution >= 4 is 11.6 Å². The maximum atomic E-state index is 14.1. The van der Waals surface area contributed by atoms with E-state index in [1.165, 1.54) is 5.56 Å². The summed E-state index contributed by atoms with van der Waals surface area (Å²) in [7, 11) is 1.73. The fourth-order valence-electron chi connectivity index (χ4n) is 2.48. The molecule has 0 spiro atoms. The summed E-state index contributed by atoms with van der Waals surface area (Å²) in [5.41, 5.74) is 2.35. The Morgan fingerprint density at radius 2 is 1.90 bits per heavy atom. The third-order valence-corrected chi connectivity index (χ3v) is 3.75. The van der Waals surface area contributed by atoms with Gasteiger partial charge >= 0.3 is 0 Å². The van der Waals surface area contributed by atoms with Gasteiger partial charge in [0.2, 0.25) is 0 Å². The lowest BCUT2D eigenvalue weighted by Gasteiger charge is -2.19. The number of benzene rings is 2. The van der Waals surface area contributed by atoms with Gasteiger partial charge in [0.05, 0.1) is 11.1 Å². The molecule has 0 aliphatic heterocycles. The van der Waals surface area contributed by atoms with Crippen LogP contribution in [0.4, 0.5) is 8.78 Å². The lowest BCUT2D eigenvalue weighted by molar-refractivity contribution is 0.558. The predicted octanol–water partition coefficient (Wildman–Crippen LogP) is 4.88. The molecule has 0 saturated heterocycles. The van der Waals surface area contributed by atoms with Crippen molar-refractivity contribution in [3.05, 3.63) is 69.7 Å². The van der Waals surface area contributed by atoms with E-state index in [1.807, 2.05) is 24.3 Å². The minimum Gasteiger partial charge on any atom is -0.309 e. The predicted molar refractivity (Wildman–Crippen MR) is 82.7 cm³/mol. The van der Waals surface area contributed by atoms with Crippen LogP contribution in [0, 0.1) is 11.6 Å². The second kappa shape index (κ2) is 7.01. The molecule has 0 aromatic heterocycles. The summed E-state index contributed by atoms with van der Waals surface area (Å²) in [4.78, 5) is 0. The van der Waals surface area contributed by atoms with Gasteiger partial charge in [0.1, 0.15) is 11.6 Å². The molecule has 0 bridgehead atoms. The van der Waals surface area contributed by atoms with Crippen LogP contribution in [0.15, 0.2) is 36.4 Å². The molecule has 0 radical (unpaired) electrons. The molecule has 0 fully saturated rings. The Morgan fingerprint density at radius 3 is 2.57 bits per heavy atom. The first-order valence-corrected chi connectivity index (χ1v) is 7.35. The van der Waals surface area contributed by atoms with Crippen LogP contribution in [0.3, 0.4) is 0 Å². The first kappa shape index (κ1) is 15.9. The summed E-state index contributed by atoms with van der Waals surface area (Å²) in [6, 6.07) is 9.68. The summed E-state index contributed by atoms with van der Waals surface area (Å²) in [5, 5.41) is 2.84. The average Bonchev–Trinajstić information content (AvgIpc) is 2.46. The van der Waals surface area contributed by atoms with Crippen LogP contribution < -0.4 is 5.32 Å². The summed E-state index contributed by atoms with van der Waals surface area (Å²) >= 11 is 5.61. The zero-order chi connectivity index (χ0) is 15.4. The van der Waals surface area contributed by atoms with Crippen LogP contribution in [0.1, 0.15) is 36.1 Å². The molecule has 2 aromatic rings. The smallest absolute Gasteiger partial charge is 0.142 e. The Morgan fingerprint density at radius 1 is 1.14 bits per heavy atom. The van der Waals surface area contributed by atoms with E-state index in [0.29, 0.717) is 0 Å². The first-order chi connectivity index (χ1) is 10.1. The van der Waals surface area contributed by atoms with E-state index in [0.717, 1.165) is 30.5 Å². The van der Waals surface area contributed by atoms with Gasteiger partial charge in [-0.1, -0.05) is 49.2 Å². The van der Waals surface area contributed by atoms with Crippen LogP contribution in [-0.4, -0.2) is 7.05 Å². The second-order valence-corrected chi connectivity index (χ2v) is 5.41. The van der Waals surface area contributed by atoms with Crippen molar-refractivity contribution in [1.29, 1.82) is 0 Å². The van der Waals surface area contributed by atoms with Gasteiger partial charge in [-0.25, -0.2) is 8.78 Å². The number of aryl methyl sites for hydroxylation is 1. The fraction of sp³-hybridized carbons (Fsp3) is 0.294. The van der Waals surface area contributed by atoms with E-state index < -0.39 is 17.7 Å². The monoisotopic (exact) mass is 309 g/mol. The maximum absolute atomic E-state index is 14.1. The largest absolute Gasteiger partial charge is 0.309 e. The SMILES string of the molecule is CCCc1cccc(C(NC)c2cc(F)c(Cl)cc2F)c1. The number of rotatable bonds is 5. The third-order valence-electron chi connectivity index (χ3n) is 3.46. The highest BCUT2D eigenvalue weighted by Gasteiger charge is 2.19. The Balaban J connectivity index is 2.44. The molecule has 1 nitrogen and oxygen atoms in total. The van der Waals surface area contributed by atoms with Crippen LogP contribution in [0.5, 0.6) is 0 Å². The average molecular weight is 310 g/mol. The van der Waals surface area contributed by atoms with Crippen LogP contribution in [-0.2, 0) is 6.42 Å². The molecule has 0 aliphatic carbocycles. The molecule has 0 aliphatic rings. The summed E-state index contributed by atoms with van der Waals surface area (Å²) < 4.78 is 27.8. The fourth-order valence-corrected chi connectivity index (χ4v) is 2.63. The number of nitrogens with one attached hydrogen (secondary N) is 1. The zero-order valence-corrected chi connectivity index (χ0v) is 12.8. The highest BCUT2D eigenvalue weighted by Crippen LogP contribution is 2.28. The van der Waals surface area contributed by atoms with Gasteiger partial charge in [0.25, 0.3) is 0 Å². The van der Waals surface area contributed by atoms with E-state index in [2.05, 4.69) is 12.2 Å². The molecule has 1 N–H and O–H groups in total. The molecule has 0 heterocycles. The van der Waals surface area contributed by atoms with Crippen LogP contribution in [0.25, 0.3) is 0 Å². The topological polar surface area (TPSA) is 12.0 Å². The van der Waals surface area contributed by atoms with Crippen molar-refractivity contribution in [2.75, 3.05) is 7.05 Å². The molecular formula is C17H18ClF2N. The zero-order valence-electron chi connectivity index (χ0n) is 12.1. The molecule has 2 rings (SSSR count). The van der Waals surface area contributed by atoms with Crippen molar-refractivity contribution in [2.24, 2.45) is 0 Å². The lowest BCUT2D eigenvalue weighted by Crippen LogP contribution is -2.19. The van der Waals surface area contributed by atoms with Gasteiger partial charge in [0.15, 0.2) is 0 Å². The summed E-state index contributed by atoms with van der Waals surface area (Å²) in [5.74, 6) is -1.13.